The van der Waals surface area contributed by atoms with Crippen LogP contribution in [0.25, 0.3) is 11.3 Å². The molecule has 2 N–H and O–H groups in total. The summed E-state index contributed by atoms with van der Waals surface area (Å²) in [6, 6.07) is 15.4. The Balaban J connectivity index is 1.57. The van der Waals surface area contributed by atoms with Gasteiger partial charge in [0.15, 0.2) is 5.82 Å². The summed E-state index contributed by atoms with van der Waals surface area (Å²) in [6.45, 7) is 0.0452. The molecule has 5 rings (SSSR count). The lowest BCUT2D eigenvalue weighted by Crippen LogP contribution is -2.20. The molecule has 2 aliphatic carbocycles. The summed E-state index contributed by atoms with van der Waals surface area (Å²) >= 11 is 0. The molecule has 5 nitrogen and oxygen atoms in total. The Morgan fingerprint density at radius 3 is 2.58 bits per heavy atom. The normalized spacial score (nSPS) is 15.8. The van der Waals surface area contributed by atoms with Crippen LogP contribution in [-0.4, -0.2) is 21.0 Å². The third-order valence-electron chi connectivity index (χ3n) is 6.49. The number of fused-ring (bicyclic) bond motifs is 3. The van der Waals surface area contributed by atoms with E-state index in [1.54, 1.807) is 0 Å². The highest BCUT2D eigenvalue weighted by Gasteiger charge is 2.27. The molecule has 1 amide bonds. The van der Waals surface area contributed by atoms with E-state index in [-0.39, 0.29) is 12.5 Å². The topological polar surface area (TPSA) is 75.1 Å². The number of rotatable bonds is 4. The largest absolute Gasteiger partial charge is 0.392 e. The Hall–Kier alpha value is -3.05. The summed E-state index contributed by atoms with van der Waals surface area (Å²) in [5, 5.41) is 12.6. The van der Waals surface area contributed by atoms with Gasteiger partial charge in [0.05, 0.1) is 23.7 Å². The molecular weight excluding hydrogens is 386 g/mol. The first-order chi connectivity index (χ1) is 15.2. The number of hydrogen-bond acceptors (Lipinski definition) is 4. The SMILES string of the molecule is O=C(Nc1nc2c(nc1C1CCCCC1)-c1ccc(CO)cc1CC2)c1ccccc1. The van der Waals surface area contributed by atoms with Crippen LogP contribution in [0.3, 0.4) is 0 Å². The van der Waals surface area contributed by atoms with Gasteiger partial charge in [0.2, 0.25) is 0 Å². The summed E-state index contributed by atoms with van der Waals surface area (Å²) in [4.78, 5) is 23.0. The van der Waals surface area contributed by atoms with Crippen LogP contribution in [0, 0.1) is 0 Å². The number of carbonyl (C=O) groups excluding carboxylic acids is 1. The van der Waals surface area contributed by atoms with E-state index in [4.69, 9.17) is 9.97 Å². The molecule has 3 aromatic rings. The molecule has 0 atom stereocenters. The highest BCUT2D eigenvalue weighted by Crippen LogP contribution is 2.39. The maximum absolute atomic E-state index is 12.9. The van der Waals surface area contributed by atoms with Crippen molar-refractivity contribution in [2.45, 2.75) is 57.5 Å². The van der Waals surface area contributed by atoms with Gasteiger partial charge in [-0.25, -0.2) is 9.97 Å². The molecule has 0 radical (unpaired) electrons. The number of amides is 1. The van der Waals surface area contributed by atoms with Crippen LogP contribution >= 0.6 is 0 Å². The second-order valence-electron chi connectivity index (χ2n) is 8.56. The molecule has 0 spiro atoms. The van der Waals surface area contributed by atoms with Crippen molar-refractivity contribution in [1.29, 1.82) is 0 Å². The van der Waals surface area contributed by atoms with E-state index in [9.17, 15) is 9.90 Å². The maximum Gasteiger partial charge on any atom is 0.256 e. The van der Waals surface area contributed by atoms with Crippen molar-refractivity contribution in [3.05, 3.63) is 76.6 Å². The van der Waals surface area contributed by atoms with E-state index >= 15 is 0 Å². The zero-order valence-corrected chi connectivity index (χ0v) is 17.6. The lowest BCUT2D eigenvalue weighted by molar-refractivity contribution is 0.102. The molecule has 1 aromatic heterocycles. The molecule has 31 heavy (non-hydrogen) atoms. The van der Waals surface area contributed by atoms with Gasteiger partial charge in [0.25, 0.3) is 5.91 Å². The fourth-order valence-electron chi connectivity index (χ4n) is 4.83. The van der Waals surface area contributed by atoms with Gasteiger partial charge in [-0.3, -0.25) is 4.79 Å². The summed E-state index contributed by atoms with van der Waals surface area (Å²) in [5.41, 5.74) is 6.65. The van der Waals surface area contributed by atoms with Crippen molar-refractivity contribution < 1.29 is 9.90 Å². The fourth-order valence-corrected chi connectivity index (χ4v) is 4.83. The summed E-state index contributed by atoms with van der Waals surface area (Å²) < 4.78 is 0. The molecule has 0 saturated heterocycles. The molecule has 5 heteroatoms. The second-order valence-corrected chi connectivity index (χ2v) is 8.56. The molecule has 158 valence electrons. The Morgan fingerprint density at radius 1 is 1.00 bits per heavy atom. The van der Waals surface area contributed by atoms with Gasteiger partial charge in [0.1, 0.15) is 0 Å². The molecule has 1 saturated carbocycles. The first-order valence-electron chi connectivity index (χ1n) is 11.2. The molecule has 2 aromatic carbocycles. The Kier molecular flexibility index (Phi) is 5.51. The van der Waals surface area contributed by atoms with Crippen molar-refractivity contribution in [2.75, 3.05) is 5.32 Å². The third kappa shape index (κ3) is 3.98. The van der Waals surface area contributed by atoms with Crippen LogP contribution in [0.1, 0.15) is 70.9 Å². The molecule has 1 heterocycles. The van der Waals surface area contributed by atoms with Gasteiger partial charge < -0.3 is 10.4 Å². The van der Waals surface area contributed by atoms with Gasteiger partial charge in [-0.2, -0.15) is 0 Å². The van der Waals surface area contributed by atoms with Crippen LogP contribution in [0.4, 0.5) is 5.82 Å². The first kappa shape index (κ1) is 19.9. The molecule has 0 aliphatic heterocycles. The van der Waals surface area contributed by atoms with Crippen LogP contribution in [0.2, 0.25) is 0 Å². The Labute approximate surface area is 182 Å². The zero-order chi connectivity index (χ0) is 21.2. The van der Waals surface area contributed by atoms with Gasteiger partial charge >= 0.3 is 0 Å². The minimum Gasteiger partial charge on any atom is -0.392 e. The van der Waals surface area contributed by atoms with Crippen molar-refractivity contribution in [3.63, 3.8) is 0 Å². The maximum atomic E-state index is 12.9. The highest BCUT2D eigenvalue weighted by molar-refractivity contribution is 6.04. The lowest BCUT2D eigenvalue weighted by Gasteiger charge is -2.26. The predicted molar refractivity (Wildman–Crippen MR) is 121 cm³/mol. The number of aliphatic hydroxyl groups excluding tert-OH is 1. The number of carbonyl (C=O) groups is 1. The van der Waals surface area contributed by atoms with Crippen LogP contribution in [0.15, 0.2) is 48.5 Å². The van der Waals surface area contributed by atoms with Crippen LogP contribution in [0.5, 0.6) is 0 Å². The van der Waals surface area contributed by atoms with Gasteiger partial charge in [-0.15, -0.1) is 0 Å². The summed E-state index contributed by atoms with van der Waals surface area (Å²) in [5.74, 6) is 0.797. The number of nitrogens with one attached hydrogen (secondary N) is 1. The van der Waals surface area contributed by atoms with Crippen LogP contribution < -0.4 is 5.32 Å². The summed E-state index contributed by atoms with van der Waals surface area (Å²) in [7, 11) is 0. The smallest absolute Gasteiger partial charge is 0.256 e. The highest BCUT2D eigenvalue weighted by atomic mass is 16.3. The summed E-state index contributed by atoms with van der Waals surface area (Å²) in [6.07, 6.45) is 7.43. The minimum absolute atomic E-state index is 0.0452. The molecule has 0 unspecified atom stereocenters. The van der Waals surface area contributed by atoms with Crippen molar-refractivity contribution >= 4 is 11.7 Å². The van der Waals surface area contributed by atoms with E-state index in [2.05, 4.69) is 17.4 Å². The Bertz CT molecular complexity index is 1110. The lowest BCUT2D eigenvalue weighted by atomic mass is 9.85. The van der Waals surface area contributed by atoms with E-state index in [1.807, 2.05) is 36.4 Å². The number of benzene rings is 2. The average Bonchev–Trinajstić information content (AvgIpc) is 2.84. The fraction of sp³-hybridized carbons (Fsp3) is 0.346. The van der Waals surface area contributed by atoms with Gasteiger partial charge in [0, 0.05) is 17.0 Å². The standard InChI is InChI=1S/C26H27N3O2/c30-16-17-11-13-21-20(15-17)12-14-22-24(21)28-23(18-7-3-1-4-8-18)25(27-22)29-26(31)19-9-5-2-6-10-19/h2,5-6,9-11,13,15,18,30H,1,3-4,7-8,12,14,16H2,(H,27,29,31). The number of nitrogens with zero attached hydrogens (tertiary/aromatic N) is 2. The van der Waals surface area contributed by atoms with E-state index in [0.29, 0.717) is 17.3 Å². The van der Waals surface area contributed by atoms with E-state index in [1.165, 1.54) is 24.8 Å². The van der Waals surface area contributed by atoms with Crippen LogP contribution in [-0.2, 0) is 19.4 Å². The average molecular weight is 414 g/mol. The number of hydrogen-bond donors (Lipinski definition) is 2. The molecule has 1 fully saturated rings. The van der Waals surface area contributed by atoms with Crippen molar-refractivity contribution in [1.82, 2.24) is 9.97 Å². The third-order valence-corrected chi connectivity index (χ3v) is 6.49. The molecule has 0 bridgehead atoms. The van der Waals surface area contributed by atoms with Crippen molar-refractivity contribution in [2.24, 2.45) is 0 Å². The zero-order valence-electron chi connectivity index (χ0n) is 17.6. The quantitative estimate of drug-likeness (QED) is 0.629. The van der Waals surface area contributed by atoms with Crippen molar-refractivity contribution in [3.8, 4) is 11.3 Å². The number of aryl methyl sites for hydroxylation is 2. The molecular formula is C26H27N3O2. The second kappa shape index (κ2) is 8.60. The Morgan fingerprint density at radius 2 is 1.81 bits per heavy atom. The molecule has 2 aliphatic rings. The van der Waals surface area contributed by atoms with E-state index < -0.39 is 0 Å². The first-order valence-corrected chi connectivity index (χ1v) is 11.2. The number of aromatic nitrogens is 2. The number of aliphatic hydroxyl groups is 1. The predicted octanol–water partition coefficient (Wildman–Crippen LogP) is 5.03. The van der Waals surface area contributed by atoms with Gasteiger partial charge in [-0.1, -0.05) is 55.7 Å². The van der Waals surface area contributed by atoms with E-state index in [0.717, 1.165) is 53.9 Å². The number of anilines is 1. The monoisotopic (exact) mass is 413 g/mol. The van der Waals surface area contributed by atoms with Gasteiger partial charge in [-0.05, 0) is 48.9 Å². The minimum atomic E-state index is -0.143.